The van der Waals surface area contributed by atoms with Gasteiger partial charge in [0.15, 0.2) is 5.67 Å². The lowest BCUT2D eigenvalue weighted by Gasteiger charge is -2.25. The van der Waals surface area contributed by atoms with Crippen LogP contribution in [0.4, 0.5) is 4.39 Å². The van der Waals surface area contributed by atoms with Gasteiger partial charge in [-0.1, -0.05) is 31.2 Å². The van der Waals surface area contributed by atoms with E-state index in [1.807, 2.05) is 24.3 Å². The van der Waals surface area contributed by atoms with Crippen LogP contribution >= 0.6 is 0 Å². The van der Waals surface area contributed by atoms with Gasteiger partial charge >= 0.3 is 0 Å². The molecule has 0 aliphatic carbocycles. The van der Waals surface area contributed by atoms with Crippen LogP contribution in [0, 0.1) is 0 Å². The second kappa shape index (κ2) is 6.72. The third kappa shape index (κ3) is 3.79. The average molecular weight is 239 g/mol. The summed E-state index contributed by atoms with van der Waals surface area (Å²) in [5.41, 5.74) is 5.89. The Balaban J connectivity index is 2.94. The zero-order valence-corrected chi connectivity index (χ0v) is 10.7. The van der Waals surface area contributed by atoms with Gasteiger partial charge in [0, 0.05) is 7.11 Å². The van der Waals surface area contributed by atoms with E-state index in [4.69, 9.17) is 10.5 Å². The van der Waals surface area contributed by atoms with Gasteiger partial charge in [0.05, 0.1) is 6.61 Å². The molecule has 0 bridgehead atoms. The van der Waals surface area contributed by atoms with E-state index in [2.05, 4.69) is 6.92 Å². The van der Waals surface area contributed by atoms with E-state index in [0.717, 1.165) is 12.0 Å². The largest absolute Gasteiger partial charge is 0.381 e. The first-order valence-electron chi connectivity index (χ1n) is 6.13. The number of hydrogen-bond acceptors (Lipinski definition) is 2. The van der Waals surface area contributed by atoms with Crippen LogP contribution in [0.15, 0.2) is 24.3 Å². The monoisotopic (exact) mass is 239 g/mol. The zero-order chi connectivity index (χ0) is 12.7. The molecule has 1 aromatic carbocycles. The Morgan fingerprint density at radius 3 is 2.76 bits per heavy atom. The van der Waals surface area contributed by atoms with Crippen molar-refractivity contribution in [1.82, 2.24) is 0 Å². The predicted molar refractivity (Wildman–Crippen MR) is 68.8 cm³/mol. The molecule has 0 saturated carbocycles. The van der Waals surface area contributed by atoms with E-state index in [1.165, 1.54) is 7.11 Å². The Morgan fingerprint density at radius 2 is 2.18 bits per heavy atom. The molecule has 17 heavy (non-hydrogen) atoms. The fourth-order valence-corrected chi connectivity index (χ4v) is 1.98. The summed E-state index contributed by atoms with van der Waals surface area (Å²) in [5.74, 6) is 0. The van der Waals surface area contributed by atoms with Gasteiger partial charge in [0.25, 0.3) is 0 Å². The Hall–Kier alpha value is -0.930. The number of methoxy groups -OCH3 is 1. The Labute approximate surface area is 103 Å². The Kier molecular flexibility index (Phi) is 5.59. The van der Waals surface area contributed by atoms with Crippen LogP contribution in [0.5, 0.6) is 0 Å². The molecule has 0 amide bonds. The van der Waals surface area contributed by atoms with Gasteiger partial charge in [-0.3, -0.25) is 0 Å². The first kappa shape index (κ1) is 14.1. The van der Waals surface area contributed by atoms with Crippen LogP contribution in [0.3, 0.4) is 0 Å². The van der Waals surface area contributed by atoms with E-state index in [9.17, 15) is 4.39 Å². The lowest BCUT2D eigenvalue weighted by molar-refractivity contribution is 0.0303. The fraction of sp³-hybridized carbons (Fsp3) is 0.571. The van der Waals surface area contributed by atoms with Crippen molar-refractivity contribution in [2.75, 3.05) is 20.3 Å². The van der Waals surface area contributed by atoms with Gasteiger partial charge in [-0.15, -0.1) is 0 Å². The molecule has 0 spiro atoms. The Bertz CT molecular complexity index is 343. The highest BCUT2D eigenvalue weighted by atomic mass is 19.1. The molecule has 0 aromatic heterocycles. The smallest absolute Gasteiger partial charge is 0.159 e. The number of alkyl halides is 1. The molecule has 0 saturated heterocycles. The van der Waals surface area contributed by atoms with E-state index in [1.54, 1.807) is 0 Å². The molecule has 0 radical (unpaired) electrons. The first-order valence-corrected chi connectivity index (χ1v) is 6.13. The highest BCUT2D eigenvalue weighted by Gasteiger charge is 2.31. The number of ether oxygens (including phenoxy) is 1. The maximum Gasteiger partial charge on any atom is 0.159 e. The topological polar surface area (TPSA) is 35.2 Å². The van der Waals surface area contributed by atoms with Gasteiger partial charge < -0.3 is 10.5 Å². The van der Waals surface area contributed by atoms with Crippen molar-refractivity contribution in [2.24, 2.45) is 5.73 Å². The van der Waals surface area contributed by atoms with Crippen molar-refractivity contribution in [1.29, 1.82) is 0 Å². The highest BCUT2D eigenvalue weighted by Crippen LogP contribution is 2.32. The minimum absolute atomic E-state index is 0.0835. The third-order valence-electron chi connectivity index (χ3n) is 3.00. The molecule has 2 N–H and O–H groups in total. The fourth-order valence-electron chi connectivity index (χ4n) is 1.98. The van der Waals surface area contributed by atoms with Crippen molar-refractivity contribution >= 4 is 0 Å². The molecule has 1 rings (SSSR count). The standard InChI is InChI=1S/C14H22FNO/c1-3-12-6-4-7-13(10-12)14(15,11-17-2)8-5-9-16/h4,6-7,10H,3,5,8-9,11,16H2,1-2H3. The zero-order valence-electron chi connectivity index (χ0n) is 10.7. The minimum Gasteiger partial charge on any atom is -0.381 e. The van der Waals surface area contributed by atoms with Gasteiger partial charge in [0.1, 0.15) is 0 Å². The first-order chi connectivity index (χ1) is 8.16. The minimum atomic E-state index is -1.42. The van der Waals surface area contributed by atoms with Crippen molar-refractivity contribution in [2.45, 2.75) is 31.9 Å². The van der Waals surface area contributed by atoms with Crippen LogP contribution in [0.25, 0.3) is 0 Å². The van der Waals surface area contributed by atoms with Gasteiger partial charge in [-0.25, -0.2) is 4.39 Å². The van der Waals surface area contributed by atoms with E-state index < -0.39 is 5.67 Å². The van der Waals surface area contributed by atoms with E-state index in [-0.39, 0.29) is 6.61 Å². The molecule has 0 aliphatic rings. The van der Waals surface area contributed by atoms with Crippen molar-refractivity contribution in [3.63, 3.8) is 0 Å². The molecule has 96 valence electrons. The van der Waals surface area contributed by atoms with Crippen molar-refractivity contribution in [3.05, 3.63) is 35.4 Å². The molecular formula is C14H22FNO. The molecule has 0 heterocycles. The second-order valence-electron chi connectivity index (χ2n) is 4.34. The lowest BCUT2D eigenvalue weighted by Crippen LogP contribution is -2.27. The number of benzene rings is 1. The Morgan fingerprint density at radius 1 is 1.41 bits per heavy atom. The molecule has 1 unspecified atom stereocenters. The number of aryl methyl sites for hydroxylation is 1. The third-order valence-corrected chi connectivity index (χ3v) is 3.00. The van der Waals surface area contributed by atoms with E-state index in [0.29, 0.717) is 24.9 Å². The van der Waals surface area contributed by atoms with Gasteiger partial charge in [-0.05, 0) is 36.9 Å². The maximum absolute atomic E-state index is 14.8. The quantitative estimate of drug-likeness (QED) is 0.794. The summed E-state index contributed by atoms with van der Waals surface area (Å²) in [6.07, 6.45) is 1.98. The molecule has 3 heteroatoms. The molecule has 2 nitrogen and oxygen atoms in total. The van der Waals surface area contributed by atoms with Crippen LogP contribution in [0.1, 0.15) is 30.9 Å². The van der Waals surface area contributed by atoms with Crippen molar-refractivity contribution in [3.8, 4) is 0 Å². The van der Waals surface area contributed by atoms with Gasteiger partial charge in [-0.2, -0.15) is 0 Å². The molecule has 1 atom stereocenters. The number of rotatable bonds is 7. The van der Waals surface area contributed by atoms with E-state index >= 15 is 0 Å². The average Bonchev–Trinajstić information content (AvgIpc) is 2.37. The normalized spacial score (nSPS) is 14.6. The second-order valence-corrected chi connectivity index (χ2v) is 4.34. The summed E-state index contributed by atoms with van der Waals surface area (Å²) in [5, 5.41) is 0. The number of hydrogen-bond donors (Lipinski definition) is 1. The lowest BCUT2D eigenvalue weighted by atomic mass is 9.90. The summed E-state index contributed by atoms with van der Waals surface area (Å²) in [6.45, 7) is 2.65. The summed E-state index contributed by atoms with van der Waals surface area (Å²) >= 11 is 0. The SMILES string of the molecule is CCc1cccc(C(F)(CCCN)COC)c1. The number of halogens is 1. The van der Waals surface area contributed by atoms with Crippen LogP contribution < -0.4 is 5.73 Å². The maximum atomic E-state index is 14.8. The summed E-state index contributed by atoms with van der Waals surface area (Å²) in [6, 6.07) is 7.67. The summed E-state index contributed by atoms with van der Waals surface area (Å²) in [7, 11) is 1.53. The van der Waals surface area contributed by atoms with Crippen LogP contribution in [0.2, 0.25) is 0 Å². The number of nitrogens with two attached hydrogens (primary N) is 1. The van der Waals surface area contributed by atoms with Crippen LogP contribution in [-0.2, 0) is 16.8 Å². The van der Waals surface area contributed by atoms with Gasteiger partial charge in [0.2, 0.25) is 0 Å². The summed E-state index contributed by atoms with van der Waals surface area (Å²) < 4.78 is 19.9. The molecule has 0 aliphatic heterocycles. The molecule has 0 fully saturated rings. The molecular weight excluding hydrogens is 217 g/mol. The molecule has 1 aromatic rings. The predicted octanol–water partition coefficient (Wildman–Crippen LogP) is 2.80. The summed E-state index contributed by atoms with van der Waals surface area (Å²) in [4.78, 5) is 0. The van der Waals surface area contributed by atoms with Crippen LogP contribution in [-0.4, -0.2) is 20.3 Å². The highest BCUT2D eigenvalue weighted by molar-refractivity contribution is 5.28. The van der Waals surface area contributed by atoms with Crippen molar-refractivity contribution < 1.29 is 9.13 Å².